The largest absolute Gasteiger partial charge is 0.398 e. The summed E-state index contributed by atoms with van der Waals surface area (Å²) in [6.45, 7) is 7.27. The highest BCUT2D eigenvalue weighted by molar-refractivity contribution is 7.13. The number of amides is 1. The Morgan fingerprint density at radius 3 is 2.60 bits per heavy atom. The first kappa shape index (κ1) is 34.2. The number of hydrogen-bond acceptors (Lipinski definition) is 9. The monoisotopic (exact) mass is 706 g/mol. The topological polar surface area (TPSA) is 125 Å². The summed E-state index contributed by atoms with van der Waals surface area (Å²) in [6.07, 6.45) is 2.43. The van der Waals surface area contributed by atoms with Gasteiger partial charge in [-0.15, -0.1) is 11.3 Å². The Morgan fingerprint density at radius 1 is 1.16 bits per heavy atom. The molecule has 1 unspecified atom stereocenters. The van der Waals surface area contributed by atoms with Crippen LogP contribution in [0.3, 0.4) is 0 Å². The lowest BCUT2D eigenvalue weighted by Crippen LogP contribution is -2.52. The quantitative estimate of drug-likeness (QED) is 0.136. The van der Waals surface area contributed by atoms with Crippen LogP contribution in [0.2, 0.25) is 0 Å². The third kappa shape index (κ3) is 7.01. The number of fused-ring (bicyclic) bond motifs is 1. The first-order chi connectivity index (χ1) is 24.2. The van der Waals surface area contributed by atoms with Gasteiger partial charge in [-0.2, -0.15) is 0 Å². The molecule has 0 saturated carbocycles. The van der Waals surface area contributed by atoms with E-state index in [1.54, 1.807) is 23.1 Å². The molecule has 10 nitrogen and oxygen atoms in total. The molecule has 7 rings (SSSR count). The number of anilines is 3. The van der Waals surface area contributed by atoms with Crippen LogP contribution in [-0.2, 0) is 17.8 Å². The second kappa shape index (κ2) is 14.5. The predicted molar refractivity (Wildman–Crippen MR) is 190 cm³/mol. The van der Waals surface area contributed by atoms with Gasteiger partial charge in [-0.1, -0.05) is 12.1 Å². The number of nitrogens with one attached hydrogen (secondary N) is 1. The highest BCUT2D eigenvalue weighted by Gasteiger charge is 2.33. The van der Waals surface area contributed by atoms with Crippen LogP contribution in [0.15, 0.2) is 53.2 Å². The van der Waals surface area contributed by atoms with Gasteiger partial charge in [0.25, 0.3) is 12.3 Å². The number of piperidine rings is 1. The third-order valence-electron chi connectivity index (χ3n) is 10.2. The Balaban J connectivity index is 1.09. The number of thiazole rings is 1. The van der Waals surface area contributed by atoms with Gasteiger partial charge in [0.2, 0.25) is 0 Å². The molecule has 5 heterocycles. The fraction of sp³-hybridized carbons (Fsp3) is 0.444. The molecule has 3 aliphatic rings. The summed E-state index contributed by atoms with van der Waals surface area (Å²) in [6, 6.07) is 8.11. The summed E-state index contributed by atoms with van der Waals surface area (Å²) in [5, 5.41) is 14.2. The van der Waals surface area contributed by atoms with Crippen molar-refractivity contribution in [3.63, 3.8) is 0 Å². The van der Waals surface area contributed by atoms with E-state index in [0.29, 0.717) is 33.8 Å². The molecule has 2 atom stereocenters. The van der Waals surface area contributed by atoms with E-state index in [1.165, 1.54) is 29.9 Å². The standard InChI is InChI=1S/C36H41F3N8O2S/c1-21-27(24-2-4-26(5-3-24)46-16-23(17-46)15-45-9-6-22(19-48)7-10-45)13-28(34(38)39)29(31(21)40)14-42-33(35(49)44-36-41-8-11-50-36)32-30-12-25(37)18-47(30)20-43-32/h2-5,8,11,13-14,20,22-23,25,33-34,48H,6-7,9-10,12,15-19,40H2,1H3,(H,41,44,49)/t25-,33?/m1/s1. The lowest BCUT2D eigenvalue weighted by atomic mass is 9.92. The Labute approximate surface area is 292 Å². The van der Waals surface area contributed by atoms with Crippen LogP contribution in [-0.4, -0.2) is 82.2 Å². The van der Waals surface area contributed by atoms with Gasteiger partial charge in [0.15, 0.2) is 11.2 Å². The molecule has 50 heavy (non-hydrogen) atoms. The molecule has 3 aliphatic heterocycles. The maximum absolute atomic E-state index is 14.6. The summed E-state index contributed by atoms with van der Waals surface area (Å²) >= 11 is 1.22. The number of nitrogens with zero attached hydrogens (tertiary/aromatic N) is 6. The number of nitrogens with two attached hydrogens (primary N) is 1. The number of alkyl halides is 3. The van der Waals surface area contributed by atoms with E-state index in [4.69, 9.17) is 5.73 Å². The first-order valence-corrected chi connectivity index (χ1v) is 17.9. The molecule has 4 N–H and O–H groups in total. The number of aromatic nitrogens is 3. The minimum Gasteiger partial charge on any atom is -0.398 e. The fourth-order valence-corrected chi connectivity index (χ4v) is 7.85. The van der Waals surface area contributed by atoms with Crippen molar-refractivity contribution in [2.45, 2.75) is 51.4 Å². The zero-order chi connectivity index (χ0) is 34.9. The van der Waals surface area contributed by atoms with Crippen molar-refractivity contribution >= 4 is 40.0 Å². The Kier molecular flexibility index (Phi) is 9.94. The lowest BCUT2D eigenvalue weighted by molar-refractivity contribution is -0.117. The molecular weight excluding hydrogens is 666 g/mol. The van der Waals surface area contributed by atoms with Crippen LogP contribution < -0.4 is 16.0 Å². The third-order valence-corrected chi connectivity index (χ3v) is 10.9. The van der Waals surface area contributed by atoms with E-state index >= 15 is 0 Å². The van der Waals surface area contributed by atoms with Gasteiger partial charge in [0.05, 0.1) is 18.6 Å². The van der Waals surface area contributed by atoms with Gasteiger partial charge in [0, 0.05) is 84.6 Å². The summed E-state index contributed by atoms with van der Waals surface area (Å²) in [4.78, 5) is 31.2. The minimum absolute atomic E-state index is 0.0244. The number of nitrogen functional groups attached to an aromatic ring is 1. The number of aliphatic hydroxyl groups is 1. The number of likely N-dealkylation sites (tertiary alicyclic amines) is 1. The van der Waals surface area contributed by atoms with Gasteiger partial charge in [-0.05, 0) is 73.7 Å². The molecular formula is C36H41F3N8O2S. The Bertz CT molecular complexity index is 1830. The van der Waals surface area contributed by atoms with Crippen molar-refractivity contribution in [3.8, 4) is 11.1 Å². The van der Waals surface area contributed by atoms with Crippen molar-refractivity contribution in [1.82, 2.24) is 19.4 Å². The molecule has 14 heteroatoms. The normalized spacial score (nSPS) is 19.3. The smallest absolute Gasteiger partial charge is 0.264 e. The van der Waals surface area contributed by atoms with Gasteiger partial charge in [0.1, 0.15) is 6.17 Å². The second-order valence-electron chi connectivity index (χ2n) is 13.5. The molecule has 1 amide bonds. The highest BCUT2D eigenvalue weighted by Crippen LogP contribution is 2.38. The zero-order valence-electron chi connectivity index (χ0n) is 27.8. The SMILES string of the molecule is Cc1c(-c2ccc(N3CC(CN4CCC(CO)CC4)C3)cc2)cc(C(F)F)c(C=NC(C(=O)Nc2nccs2)c2ncn3c2C[C@@H](F)C3)c1N. The van der Waals surface area contributed by atoms with E-state index < -0.39 is 24.5 Å². The summed E-state index contributed by atoms with van der Waals surface area (Å²) < 4.78 is 45.2. The lowest BCUT2D eigenvalue weighted by Gasteiger charge is -2.44. The number of carbonyl (C=O) groups is 1. The summed E-state index contributed by atoms with van der Waals surface area (Å²) in [7, 11) is 0. The molecule has 0 spiro atoms. The molecule has 2 aromatic carbocycles. The highest BCUT2D eigenvalue weighted by atomic mass is 32.1. The number of benzene rings is 2. The molecule has 0 radical (unpaired) electrons. The number of aliphatic imine (C=N–C) groups is 1. The van der Waals surface area contributed by atoms with E-state index in [1.807, 2.05) is 24.3 Å². The summed E-state index contributed by atoms with van der Waals surface area (Å²) in [5.41, 5.74) is 10.3. The number of carbonyl (C=O) groups excluding carboxylic acids is 1. The molecule has 2 saturated heterocycles. The maximum Gasteiger partial charge on any atom is 0.264 e. The molecule has 2 aromatic heterocycles. The average Bonchev–Trinajstić information content (AvgIpc) is 3.83. The van der Waals surface area contributed by atoms with E-state index in [2.05, 4.69) is 30.1 Å². The predicted octanol–water partition coefficient (Wildman–Crippen LogP) is 5.67. The molecule has 0 bridgehead atoms. The summed E-state index contributed by atoms with van der Waals surface area (Å²) in [5.74, 6) is 0.462. The molecule has 4 aromatic rings. The van der Waals surface area contributed by atoms with Gasteiger partial charge < -0.3 is 25.2 Å². The van der Waals surface area contributed by atoms with Gasteiger partial charge >= 0.3 is 0 Å². The van der Waals surface area contributed by atoms with Crippen molar-refractivity contribution in [3.05, 3.63) is 76.3 Å². The molecule has 264 valence electrons. The van der Waals surface area contributed by atoms with E-state index in [-0.39, 0.29) is 42.1 Å². The molecule has 2 fully saturated rings. The van der Waals surface area contributed by atoms with Gasteiger partial charge in [-0.25, -0.2) is 23.1 Å². The Morgan fingerprint density at radius 2 is 1.92 bits per heavy atom. The van der Waals surface area contributed by atoms with Crippen molar-refractivity contribution in [2.24, 2.45) is 16.8 Å². The van der Waals surface area contributed by atoms with E-state index in [0.717, 1.165) is 56.8 Å². The van der Waals surface area contributed by atoms with Gasteiger partial charge in [-0.3, -0.25) is 15.1 Å². The zero-order valence-corrected chi connectivity index (χ0v) is 28.6. The van der Waals surface area contributed by atoms with Crippen LogP contribution in [0.25, 0.3) is 11.1 Å². The van der Waals surface area contributed by atoms with Crippen molar-refractivity contribution in [1.29, 1.82) is 0 Å². The van der Waals surface area contributed by atoms with E-state index in [9.17, 15) is 23.1 Å². The van der Waals surface area contributed by atoms with Crippen molar-refractivity contribution in [2.75, 3.05) is 55.3 Å². The molecule has 0 aliphatic carbocycles. The maximum atomic E-state index is 14.6. The minimum atomic E-state index is -2.86. The Hall–Kier alpha value is -4.27. The number of hydrogen-bond donors (Lipinski definition) is 3. The first-order valence-electron chi connectivity index (χ1n) is 17.0. The second-order valence-corrected chi connectivity index (χ2v) is 14.4. The number of halogens is 3. The van der Waals surface area contributed by atoms with Crippen LogP contribution in [0.1, 0.15) is 53.4 Å². The number of rotatable bonds is 11. The van der Waals surface area contributed by atoms with Crippen LogP contribution in [0, 0.1) is 18.8 Å². The van der Waals surface area contributed by atoms with Crippen LogP contribution in [0.5, 0.6) is 0 Å². The van der Waals surface area contributed by atoms with Crippen molar-refractivity contribution < 1.29 is 23.1 Å². The number of imidazole rings is 1. The average molecular weight is 707 g/mol. The fourth-order valence-electron chi connectivity index (χ4n) is 7.32. The number of aliphatic hydroxyl groups excluding tert-OH is 1. The van der Waals surface area contributed by atoms with Crippen LogP contribution >= 0.6 is 11.3 Å². The van der Waals surface area contributed by atoms with Crippen LogP contribution in [0.4, 0.5) is 29.7 Å².